The van der Waals surface area contributed by atoms with Crippen molar-refractivity contribution >= 4 is 17.6 Å². The average Bonchev–Trinajstić information content (AvgIpc) is 3.22. The van der Waals surface area contributed by atoms with Crippen LogP contribution in [0.1, 0.15) is 48.9 Å². The lowest BCUT2D eigenvalue weighted by molar-refractivity contribution is -0.787. The first kappa shape index (κ1) is 20.7. The minimum atomic E-state index is -4.60. The molecule has 3 aromatic heterocycles. The second kappa shape index (κ2) is 8.66. The van der Waals surface area contributed by atoms with Crippen LogP contribution in [-0.2, 0) is 6.18 Å². The number of amides is 2. The second-order valence-electron chi connectivity index (χ2n) is 7.24. The molecule has 1 aliphatic carbocycles. The van der Waals surface area contributed by atoms with Gasteiger partial charge in [0.2, 0.25) is 5.27 Å². The number of carbonyl (C=O) groups is 1. The zero-order chi connectivity index (χ0) is 21.8. The lowest BCUT2D eigenvalue weighted by atomic mass is 9.82. The highest BCUT2D eigenvalue weighted by Gasteiger charge is 2.33. The Labute approximate surface area is 174 Å². The van der Waals surface area contributed by atoms with Gasteiger partial charge in [-0.15, -0.1) is 0 Å². The Bertz CT molecular complexity index is 1040. The second-order valence-corrected chi connectivity index (χ2v) is 7.24. The van der Waals surface area contributed by atoms with E-state index >= 15 is 0 Å². The summed E-state index contributed by atoms with van der Waals surface area (Å²) >= 11 is 0. The molecule has 0 aliphatic heterocycles. The fraction of sp³-hybridized carbons (Fsp3) is 0.368. The molecule has 9 nitrogen and oxygen atoms in total. The maximum absolute atomic E-state index is 12.7. The largest absolute Gasteiger partial charge is 0.433 e. The summed E-state index contributed by atoms with van der Waals surface area (Å²) in [5.74, 6) is 0.381. The molecule has 1 fully saturated rings. The topological polar surface area (TPSA) is 110 Å². The number of alkyl halides is 3. The van der Waals surface area contributed by atoms with Crippen molar-refractivity contribution in [1.82, 2.24) is 20.2 Å². The Kier molecular flexibility index (Phi) is 5.78. The van der Waals surface area contributed by atoms with Crippen molar-refractivity contribution in [2.75, 3.05) is 10.6 Å². The van der Waals surface area contributed by atoms with Gasteiger partial charge in [0.25, 0.3) is 6.20 Å². The molecule has 0 saturated heterocycles. The average molecular weight is 434 g/mol. The van der Waals surface area contributed by atoms with Gasteiger partial charge in [0.1, 0.15) is 12.0 Å². The molecule has 2 N–H and O–H groups in total. The van der Waals surface area contributed by atoms with E-state index in [0.29, 0.717) is 5.92 Å². The number of rotatable bonds is 4. The van der Waals surface area contributed by atoms with E-state index in [1.165, 1.54) is 12.4 Å². The summed E-state index contributed by atoms with van der Waals surface area (Å²) in [4.78, 5) is 23.5. The summed E-state index contributed by atoms with van der Waals surface area (Å²) in [6, 6.07) is 1.32. The van der Waals surface area contributed by atoms with E-state index in [9.17, 15) is 18.0 Å². The summed E-state index contributed by atoms with van der Waals surface area (Å²) < 4.78 is 45.1. The molecule has 0 aromatic carbocycles. The number of nitrogens with one attached hydrogen (secondary N) is 2. The number of anilines is 2. The molecular weight excluding hydrogens is 415 g/mol. The van der Waals surface area contributed by atoms with E-state index in [4.69, 9.17) is 4.52 Å². The summed E-state index contributed by atoms with van der Waals surface area (Å²) in [5.41, 5.74) is -0.0736. The zero-order valence-corrected chi connectivity index (χ0v) is 16.2. The number of nitrogens with zero attached hydrogens (tertiary/aromatic N) is 5. The van der Waals surface area contributed by atoms with Gasteiger partial charge in [-0.05, 0) is 41.1 Å². The van der Waals surface area contributed by atoms with Crippen molar-refractivity contribution in [2.45, 2.75) is 43.8 Å². The molecule has 0 spiro atoms. The SMILES string of the molecule is O=C(Nc1ccnc(C(F)(F)F)c1)Nc1c[n+]([C@H]2CCC[C@@H](c3cncnc3)C2)no1. The van der Waals surface area contributed by atoms with Crippen molar-refractivity contribution in [2.24, 2.45) is 0 Å². The van der Waals surface area contributed by atoms with Gasteiger partial charge >= 0.3 is 18.1 Å². The van der Waals surface area contributed by atoms with Gasteiger partial charge in [0, 0.05) is 37.1 Å². The molecule has 1 saturated carbocycles. The third-order valence-electron chi connectivity index (χ3n) is 5.10. The molecule has 4 rings (SSSR count). The van der Waals surface area contributed by atoms with E-state index < -0.39 is 17.9 Å². The molecule has 0 bridgehead atoms. The predicted octanol–water partition coefficient (Wildman–Crippen LogP) is 3.71. The van der Waals surface area contributed by atoms with Crippen molar-refractivity contribution in [3.63, 3.8) is 0 Å². The first-order valence-electron chi connectivity index (χ1n) is 9.63. The molecule has 162 valence electrons. The minimum absolute atomic E-state index is 0.0487. The minimum Gasteiger partial charge on any atom is -0.308 e. The Morgan fingerprint density at radius 3 is 2.77 bits per heavy atom. The maximum Gasteiger partial charge on any atom is 0.433 e. The Morgan fingerprint density at radius 2 is 2.00 bits per heavy atom. The molecular formula is C19H19F3N7O2+. The van der Waals surface area contributed by atoms with Crippen LogP contribution in [0, 0.1) is 0 Å². The number of carbonyl (C=O) groups excluding carboxylic acids is 1. The Morgan fingerprint density at radius 1 is 1.19 bits per heavy atom. The molecule has 0 unspecified atom stereocenters. The van der Waals surface area contributed by atoms with Gasteiger partial charge in [-0.1, -0.05) is 0 Å². The molecule has 12 heteroatoms. The van der Waals surface area contributed by atoms with Gasteiger partial charge in [-0.25, -0.2) is 14.8 Å². The summed E-state index contributed by atoms with van der Waals surface area (Å²) in [6.07, 6.45) is 6.81. The first-order chi connectivity index (χ1) is 14.9. The smallest absolute Gasteiger partial charge is 0.308 e. The van der Waals surface area contributed by atoms with Crippen molar-refractivity contribution in [1.29, 1.82) is 0 Å². The third-order valence-corrected chi connectivity index (χ3v) is 5.10. The molecule has 0 radical (unpaired) electrons. The lowest BCUT2D eigenvalue weighted by Crippen LogP contribution is -2.42. The number of aromatic nitrogens is 5. The standard InChI is InChI=1S/C19H18F3N7O2/c20-19(21,22)16-7-14(4-5-25-16)26-18(30)27-17-10-29(28-31-17)15-3-1-2-12(6-15)13-8-23-11-24-9-13/h4-5,7-12,15H,1-3,6H2,(H-,25,26,27,28,30)/p+1/t12-,15+/m1/s1. The number of pyridine rings is 1. The lowest BCUT2D eigenvalue weighted by Gasteiger charge is -2.23. The van der Waals surface area contributed by atoms with Crippen LogP contribution in [0.3, 0.4) is 0 Å². The van der Waals surface area contributed by atoms with E-state index in [1.54, 1.807) is 10.9 Å². The number of hydrogen-bond donors (Lipinski definition) is 2. The number of halogens is 3. The van der Waals surface area contributed by atoms with Crippen LogP contribution in [0.2, 0.25) is 0 Å². The van der Waals surface area contributed by atoms with Crippen LogP contribution in [0.4, 0.5) is 29.5 Å². The van der Waals surface area contributed by atoms with Gasteiger partial charge in [0.05, 0.1) is 0 Å². The van der Waals surface area contributed by atoms with Crippen LogP contribution in [0.25, 0.3) is 0 Å². The molecule has 3 aromatic rings. The summed E-state index contributed by atoms with van der Waals surface area (Å²) in [7, 11) is 0. The van der Waals surface area contributed by atoms with E-state index in [2.05, 4.69) is 30.9 Å². The van der Waals surface area contributed by atoms with Crippen LogP contribution < -0.4 is 15.3 Å². The third kappa shape index (κ3) is 5.13. The number of hydrogen-bond acceptors (Lipinski definition) is 6. The van der Waals surface area contributed by atoms with E-state index in [1.807, 2.05) is 12.4 Å². The molecule has 1 aliphatic rings. The quantitative estimate of drug-likeness (QED) is 0.606. The zero-order valence-electron chi connectivity index (χ0n) is 16.2. The fourth-order valence-corrected chi connectivity index (χ4v) is 3.65. The Hall–Kier alpha value is -3.57. The Balaban J connectivity index is 1.37. The van der Waals surface area contributed by atoms with Crippen LogP contribution in [-0.4, -0.2) is 26.3 Å². The number of urea groups is 1. The fourth-order valence-electron chi connectivity index (χ4n) is 3.65. The van der Waals surface area contributed by atoms with Crippen LogP contribution >= 0.6 is 0 Å². The van der Waals surface area contributed by atoms with E-state index in [-0.39, 0.29) is 17.6 Å². The molecule has 31 heavy (non-hydrogen) atoms. The highest BCUT2D eigenvalue weighted by atomic mass is 19.4. The van der Waals surface area contributed by atoms with Gasteiger partial charge in [-0.3, -0.25) is 14.8 Å². The molecule has 3 heterocycles. The van der Waals surface area contributed by atoms with Crippen LogP contribution in [0.15, 0.2) is 47.8 Å². The van der Waals surface area contributed by atoms with Crippen LogP contribution in [0.5, 0.6) is 0 Å². The van der Waals surface area contributed by atoms with Crippen molar-refractivity contribution < 1.29 is 27.2 Å². The highest BCUT2D eigenvalue weighted by molar-refractivity contribution is 5.98. The normalized spacial score (nSPS) is 19.1. The van der Waals surface area contributed by atoms with Crippen molar-refractivity contribution in [3.05, 3.63) is 54.5 Å². The molecule has 2 amide bonds. The monoisotopic (exact) mass is 434 g/mol. The van der Waals surface area contributed by atoms with Gasteiger partial charge in [-0.2, -0.15) is 13.2 Å². The molecule has 2 atom stereocenters. The highest BCUT2D eigenvalue weighted by Crippen LogP contribution is 2.35. The maximum atomic E-state index is 12.7. The van der Waals surface area contributed by atoms with Gasteiger partial charge < -0.3 is 5.32 Å². The first-order valence-corrected chi connectivity index (χ1v) is 9.63. The van der Waals surface area contributed by atoms with Crippen molar-refractivity contribution in [3.8, 4) is 0 Å². The van der Waals surface area contributed by atoms with E-state index in [0.717, 1.165) is 43.5 Å². The van der Waals surface area contributed by atoms with Gasteiger partial charge in [0.15, 0.2) is 6.04 Å². The predicted molar refractivity (Wildman–Crippen MR) is 101 cm³/mol. The summed E-state index contributed by atoms with van der Waals surface area (Å²) in [6.45, 7) is 0. The summed E-state index contributed by atoms with van der Waals surface area (Å²) in [5, 5.41) is 8.73.